The zero-order chi connectivity index (χ0) is 13.1. The fraction of sp³-hybridized carbons (Fsp3) is 0.929. The number of carbonyl (C=O) groups excluding carboxylic acids is 1. The van der Waals surface area contributed by atoms with E-state index in [2.05, 4.69) is 24.1 Å². The Balaban J connectivity index is 2.34. The number of hydrogen-bond acceptors (Lipinski definition) is 2. The maximum Gasteiger partial charge on any atom is 0.234 e. The zero-order valence-electron chi connectivity index (χ0n) is 12.1. The van der Waals surface area contributed by atoms with E-state index in [1.165, 1.54) is 19.3 Å². The molecule has 1 aliphatic rings. The van der Waals surface area contributed by atoms with E-state index in [0.29, 0.717) is 12.0 Å². The van der Waals surface area contributed by atoms with Crippen molar-refractivity contribution in [1.82, 2.24) is 10.2 Å². The van der Waals surface area contributed by atoms with Gasteiger partial charge < -0.3 is 5.32 Å². The molecule has 1 fully saturated rings. The number of nitrogens with one attached hydrogen (secondary N) is 1. The summed E-state index contributed by atoms with van der Waals surface area (Å²) in [5.74, 6) is 0.151. The summed E-state index contributed by atoms with van der Waals surface area (Å²) in [6.45, 7) is 13.4. The third-order valence-electron chi connectivity index (χ3n) is 3.80. The molecule has 3 nitrogen and oxygen atoms in total. The first-order valence-corrected chi connectivity index (χ1v) is 6.77. The monoisotopic (exact) mass is 240 g/mol. The lowest BCUT2D eigenvalue weighted by Gasteiger charge is -2.38. The van der Waals surface area contributed by atoms with Crippen LogP contribution in [0.1, 0.15) is 53.9 Å². The Morgan fingerprint density at radius 2 is 1.82 bits per heavy atom. The van der Waals surface area contributed by atoms with Crippen molar-refractivity contribution in [2.45, 2.75) is 59.4 Å². The van der Waals surface area contributed by atoms with Gasteiger partial charge in [-0.2, -0.15) is 0 Å². The van der Waals surface area contributed by atoms with Crippen molar-refractivity contribution >= 4 is 5.91 Å². The van der Waals surface area contributed by atoms with E-state index < -0.39 is 0 Å². The van der Waals surface area contributed by atoms with Gasteiger partial charge in [0.1, 0.15) is 0 Å². The molecule has 0 spiro atoms. The van der Waals surface area contributed by atoms with Gasteiger partial charge in [-0.25, -0.2) is 0 Å². The van der Waals surface area contributed by atoms with Crippen molar-refractivity contribution in [3.63, 3.8) is 0 Å². The maximum atomic E-state index is 11.8. The summed E-state index contributed by atoms with van der Waals surface area (Å²) < 4.78 is 0. The van der Waals surface area contributed by atoms with Crippen molar-refractivity contribution in [3.8, 4) is 0 Å². The molecule has 0 radical (unpaired) electrons. The van der Waals surface area contributed by atoms with Crippen LogP contribution in [0, 0.1) is 5.41 Å². The second kappa shape index (κ2) is 5.38. The molecular weight excluding hydrogens is 212 g/mol. The number of nitrogens with zero attached hydrogens (tertiary/aromatic N) is 1. The van der Waals surface area contributed by atoms with Gasteiger partial charge in [-0.05, 0) is 52.1 Å². The van der Waals surface area contributed by atoms with Gasteiger partial charge in [-0.15, -0.1) is 0 Å². The zero-order valence-corrected chi connectivity index (χ0v) is 12.1. The minimum absolute atomic E-state index is 0.120. The minimum atomic E-state index is -0.120. The summed E-state index contributed by atoms with van der Waals surface area (Å²) in [6.07, 6.45) is 3.67. The van der Waals surface area contributed by atoms with E-state index in [1.54, 1.807) is 0 Å². The van der Waals surface area contributed by atoms with Gasteiger partial charge in [0.2, 0.25) is 5.91 Å². The molecule has 17 heavy (non-hydrogen) atoms. The standard InChI is InChI=1S/C14H28N2O/c1-6-14(5)7-9-16(10-8-14)11-12(17)15-13(2,3)4/h6-11H2,1-5H3,(H,15,17). The van der Waals surface area contributed by atoms with Gasteiger partial charge in [-0.3, -0.25) is 9.69 Å². The summed E-state index contributed by atoms with van der Waals surface area (Å²) in [5, 5.41) is 3.02. The maximum absolute atomic E-state index is 11.8. The molecule has 0 aliphatic carbocycles. The Morgan fingerprint density at radius 3 is 2.24 bits per heavy atom. The van der Waals surface area contributed by atoms with E-state index >= 15 is 0 Å². The Bertz CT molecular complexity index is 260. The fourth-order valence-electron chi connectivity index (χ4n) is 2.27. The highest BCUT2D eigenvalue weighted by Gasteiger charge is 2.29. The Hall–Kier alpha value is -0.570. The highest BCUT2D eigenvalue weighted by Crippen LogP contribution is 2.33. The lowest BCUT2D eigenvalue weighted by atomic mass is 9.78. The number of likely N-dealkylation sites (tertiary alicyclic amines) is 1. The second-order valence-electron chi connectivity index (χ2n) is 6.74. The van der Waals surface area contributed by atoms with Gasteiger partial charge in [0.15, 0.2) is 0 Å². The Morgan fingerprint density at radius 1 is 1.29 bits per heavy atom. The minimum Gasteiger partial charge on any atom is -0.350 e. The number of hydrogen-bond donors (Lipinski definition) is 1. The van der Waals surface area contributed by atoms with Gasteiger partial charge in [0.25, 0.3) is 0 Å². The predicted octanol–water partition coefficient (Wildman–Crippen LogP) is 2.41. The number of piperidine rings is 1. The van der Waals surface area contributed by atoms with Crippen molar-refractivity contribution in [2.75, 3.05) is 19.6 Å². The number of amides is 1. The van der Waals surface area contributed by atoms with Gasteiger partial charge in [-0.1, -0.05) is 20.3 Å². The highest BCUT2D eigenvalue weighted by atomic mass is 16.2. The molecule has 0 aromatic heterocycles. The van der Waals surface area contributed by atoms with Crippen molar-refractivity contribution in [1.29, 1.82) is 0 Å². The molecule has 0 aromatic rings. The Kier molecular flexibility index (Phi) is 4.59. The predicted molar refractivity (Wildman–Crippen MR) is 72.0 cm³/mol. The van der Waals surface area contributed by atoms with Gasteiger partial charge in [0, 0.05) is 5.54 Å². The summed E-state index contributed by atoms with van der Waals surface area (Å²) in [6, 6.07) is 0. The van der Waals surface area contributed by atoms with Crippen LogP contribution in [-0.2, 0) is 4.79 Å². The topological polar surface area (TPSA) is 32.3 Å². The van der Waals surface area contributed by atoms with Crippen LogP contribution in [0.4, 0.5) is 0 Å². The van der Waals surface area contributed by atoms with Crippen molar-refractivity contribution in [3.05, 3.63) is 0 Å². The van der Waals surface area contributed by atoms with E-state index in [4.69, 9.17) is 0 Å². The molecule has 0 unspecified atom stereocenters. The first-order valence-electron chi connectivity index (χ1n) is 6.77. The molecule has 1 heterocycles. The van der Waals surface area contributed by atoms with E-state index in [1.807, 2.05) is 20.8 Å². The van der Waals surface area contributed by atoms with Crippen LogP contribution in [0.25, 0.3) is 0 Å². The van der Waals surface area contributed by atoms with Crippen LogP contribution in [0.5, 0.6) is 0 Å². The molecule has 1 amide bonds. The van der Waals surface area contributed by atoms with Gasteiger partial charge >= 0.3 is 0 Å². The van der Waals surface area contributed by atoms with Crippen LogP contribution < -0.4 is 5.32 Å². The van der Waals surface area contributed by atoms with Gasteiger partial charge in [0.05, 0.1) is 6.54 Å². The normalized spacial score (nSPS) is 21.2. The molecule has 3 heteroatoms. The molecule has 0 saturated carbocycles. The molecule has 1 N–H and O–H groups in total. The molecule has 0 atom stereocenters. The molecule has 0 bridgehead atoms. The number of carbonyl (C=O) groups is 1. The third-order valence-corrected chi connectivity index (χ3v) is 3.80. The smallest absolute Gasteiger partial charge is 0.234 e. The van der Waals surface area contributed by atoms with Crippen LogP contribution in [-0.4, -0.2) is 36.0 Å². The summed E-state index contributed by atoms with van der Waals surface area (Å²) in [5.41, 5.74) is 0.377. The lowest BCUT2D eigenvalue weighted by molar-refractivity contribution is -0.124. The molecule has 1 saturated heterocycles. The lowest BCUT2D eigenvalue weighted by Crippen LogP contribution is -2.48. The molecule has 100 valence electrons. The molecule has 0 aromatic carbocycles. The number of rotatable bonds is 3. The fourth-order valence-corrected chi connectivity index (χ4v) is 2.27. The quantitative estimate of drug-likeness (QED) is 0.821. The van der Waals surface area contributed by atoms with Crippen molar-refractivity contribution < 1.29 is 4.79 Å². The largest absolute Gasteiger partial charge is 0.350 e. The summed E-state index contributed by atoms with van der Waals surface area (Å²) >= 11 is 0. The van der Waals surface area contributed by atoms with E-state index in [-0.39, 0.29) is 11.4 Å². The third kappa shape index (κ3) is 5.07. The van der Waals surface area contributed by atoms with Crippen LogP contribution in [0.3, 0.4) is 0 Å². The summed E-state index contributed by atoms with van der Waals surface area (Å²) in [4.78, 5) is 14.1. The Labute approximate surface area is 106 Å². The van der Waals surface area contributed by atoms with Crippen LogP contribution >= 0.6 is 0 Å². The first-order chi connectivity index (χ1) is 7.74. The average molecular weight is 240 g/mol. The molecule has 1 rings (SSSR count). The van der Waals surface area contributed by atoms with E-state index in [9.17, 15) is 4.79 Å². The van der Waals surface area contributed by atoms with Crippen molar-refractivity contribution in [2.24, 2.45) is 5.41 Å². The highest BCUT2D eigenvalue weighted by molar-refractivity contribution is 5.78. The molecule has 1 aliphatic heterocycles. The SMILES string of the molecule is CCC1(C)CCN(CC(=O)NC(C)(C)C)CC1. The average Bonchev–Trinajstić information content (AvgIpc) is 2.19. The van der Waals surface area contributed by atoms with Crippen LogP contribution in [0.2, 0.25) is 0 Å². The molecular formula is C14H28N2O. The second-order valence-corrected chi connectivity index (χ2v) is 6.74. The summed E-state index contributed by atoms with van der Waals surface area (Å²) in [7, 11) is 0. The first kappa shape index (κ1) is 14.5. The van der Waals surface area contributed by atoms with Crippen LogP contribution in [0.15, 0.2) is 0 Å². The van der Waals surface area contributed by atoms with E-state index in [0.717, 1.165) is 13.1 Å².